The highest BCUT2D eigenvalue weighted by Gasteiger charge is 2.22. The van der Waals surface area contributed by atoms with Gasteiger partial charge in [0.15, 0.2) is 0 Å². The van der Waals surface area contributed by atoms with E-state index in [2.05, 4.69) is 11.9 Å². The normalized spacial score (nSPS) is 11.4. The van der Waals surface area contributed by atoms with Crippen molar-refractivity contribution in [3.8, 4) is 0 Å². The summed E-state index contributed by atoms with van der Waals surface area (Å²) in [4.78, 5) is 32.2. The Labute approximate surface area is 112 Å². The van der Waals surface area contributed by atoms with Crippen molar-refractivity contribution in [3.63, 3.8) is 0 Å². The van der Waals surface area contributed by atoms with Crippen LogP contribution in [0, 0.1) is 15.9 Å². The van der Waals surface area contributed by atoms with E-state index >= 15 is 0 Å². The van der Waals surface area contributed by atoms with Crippen molar-refractivity contribution in [2.45, 2.75) is 12.5 Å². The number of carboxylic acid groups (broad SMARTS) is 1. The molecule has 0 aromatic heterocycles. The van der Waals surface area contributed by atoms with E-state index in [1.54, 1.807) is 0 Å². The summed E-state index contributed by atoms with van der Waals surface area (Å²) in [5.41, 5.74) is -1.05. The van der Waals surface area contributed by atoms with Crippen LogP contribution in [0.3, 0.4) is 0 Å². The Bertz CT molecular complexity index is 573. The second-order valence-corrected chi connectivity index (χ2v) is 3.81. The number of benzene rings is 1. The molecule has 1 rings (SSSR count). The van der Waals surface area contributed by atoms with E-state index in [1.807, 2.05) is 0 Å². The number of nitro benzene ring substituents is 1. The van der Waals surface area contributed by atoms with Gasteiger partial charge in [0.1, 0.15) is 6.04 Å². The molecule has 0 aliphatic rings. The number of halogens is 1. The van der Waals surface area contributed by atoms with E-state index in [4.69, 9.17) is 5.11 Å². The first kappa shape index (κ1) is 15.3. The van der Waals surface area contributed by atoms with Gasteiger partial charge in [0.05, 0.1) is 4.92 Å². The summed E-state index contributed by atoms with van der Waals surface area (Å²) in [5.74, 6) is -3.19. The molecule has 1 amide bonds. The third-order valence-corrected chi connectivity index (χ3v) is 2.41. The molecular weight excluding hydrogens is 271 g/mol. The molecule has 0 spiro atoms. The molecule has 2 N–H and O–H groups in total. The minimum atomic E-state index is -1.27. The molecule has 1 aromatic rings. The van der Waals surface area contributed by atoms with Crippen molar-refractivity contribution >= 4 is 17.6 Å². The number of aliphatic carboxylic acids is 1. The fourth-order valence-corrected chi connectivity index (χ4v) is 1.42. The summed E-state index contributed by atoms with van der Waals surface area (Å²) in [6, 6.07) is 1.35. The van der Waals surface area contributed by atoms with E-state index in [0.29, 0.717) is 0 Å². The predicted molar refractivity (Wildman–Crippen MR) is 66.8 cm³/mol. The van der Waals surface area contributed by atoms with E-state index in [1.165, 1.54) is 6.08 Å². The second kappa shape index (κ2) is 6.41. The number of amides is 1. The molecule has 7 nitrogen and oxygen atoms in total. The van der Waals surface area contributed by atoms with Crippen molar-refractivity contribution < 1.29 is 24.0 Å². The number of carbonyl (C=O) groups excluding carboxylic acids is 1. The van der Waals surface area contributed by atoms with Gasteiger partial charge in [-0.2, -0.15) is 4.39 Å². The van der Waals surface area contributed by atoms with E-state index in [9.17, 15) is 24.1 Å². The van der Waals surface area contributed by atoms with E-state index in [0.717, 1.165) is 18.2 Å². The Morgan fingerprint density at radius 1 is 1.55 bits per heavy atom. The molecule has 0 radical (unpaired) electrons. The molecule has 0 aliphatic carbocycles. The van der Waals surface area contributed by atoms with Crippen LogP contribution < -0.4 is 5.32 Å². The maximum atomic E-state index is 13.1. The van der Waals surface area contributed by atoms with E-state index in [-0.39, 0.29) is 12.0 Å². The lowest BCUT2D eigenvalue weighted by atomic mass is 10.1. The third-order valence-electron chi connectivity index (χ3n) is 2.41. The maximum Gasteiger partial charge on any atom is 0.326 e. The Hall–Kier alpha value is -2.77. The Kier molecular flexibility index (Phi) is 4.90. The van der Waals surface area contributed by atoms with Crippen molar-refractivity contribution in [1.29, 1.82) is 0 Å². The number of nitrogens with zero attached hydrogens (tertiary/aromatic N) is 1. The first-order valence-corrected chi connectivity index (χ1v) is 5.45. The summed E-state index contributed by atoms with van der Waals surface area (Å²) in [6.07, 6.45) is 1.30. The molecule has 1 aromatic carbocycles. The standard InChI is InChI=1S/C12H11FN2O5/c1-2-3-9(12(17)18)14-11(16)7-4-5-8(13)10(6-7)15(19)20/h2,4-6,9H,1,3H2,(H,14,16)(H,17,18). The van der Waals surface area contributed by atoms with Gasteiger partial charge in [-0.1, -0.05) is 6.08 Å². The lowest BCUT2D eigenvalue weighted by Crippen LogP contribution is -2.40. The average molecular weight is 282 g/mol. The van der Waals surface area contributed by atoms with Crippen LogP contribution in [-0.4, -0.2) is 27.9 Å². The highest BCUT2D eigenvalue weighted by atomic mass is 19.1. The van der Waals surface area contributed by atoms with Crippen LogP contribution in [0.1, 0.15) is 16.8 Å². The van der Waals surface area contributed by atoms with E-state index < -0.39 is 34.3 Å². The van der Waals surface area contributed by atoms with Crippen LogP contribution in [0.15, 0.2) is 30.9 Å². The third kappa shape index (κ3) is 3.61. The Morgan fingerprint density at radius 3 is 2.70 bits per heavy atom. The number of nitro groups is 1. The number of carboxylic acids is 1. The average Bonchev–Trinajstić information content (AvgIpc) is 2.38. The highest BCUT2D eigenvalue weighted by Crippen LogP contribution is 2.18. The van der Waals surface area contributed by atoms with Crippen LogP contribution in [0.25, 0.3) is 0 Å². The van der Waals surface area contributed by atoms with Gasteiger partial charge < -0.3 is 10.4 Å². The van der Waals surface area contributed by atoms with Gasteiger partial charge in [0, 0.05) is 11.6 Å². The van der Waals surface area contributed by atoms with Crippen molar-refractivity contribution in [2.75, 3.05) is 0 Å². The summed E-state index contributed by atoms with van der Waals surface area (Å²) in [7, 11) is 0. The van der Waals surface area contributed by atoms with Gasteiger partial charge in [-0.25, -0.2) is 4.79 Å². The molecular formula is C12H11FN2O5. The SMILES string of the molecule is C=CCC(NC(=O)c1ccc(F)c([N+](=O)[O-])c1)C(=O)O. The first-order chi connectivity index (χ1) is 9.36. The van der Waals surface area contributed by atoms with Crippen molar-refractivity contribution in [2.24, 2.45) is 0 Å². The molecule has 0 aliphatic heterocycles. The second-order valence-electron chi connectivity index (χ2n) is 3.81. The summed E-state index contributed by atoms with van der Waals surface area (Å²) >= 11 is 0. The molecule has 0 saturated heterocycles. The molecule has 20 heavy (non-hydrogen) atoms. The molecule has 8 heteroatoms. The van der Waals surface area contributed by atoms with Gasteiger partial charge in [0.25, 0.3) is 5.91 Å². The van der Waals surface area contributed by atoms with Crippen LogP contribution in [0.4, 0.5) is 10.1 Å². The monoisotopic (exact) mass is 282 g/mol. The summed E-state index contributed by atoms with van der Waals surface area (Å²) in [6.45, 7) is 3.36. The zero-order valence-corrected chi connectivity index (χ0v) is 10.2. The van der Waals surface area contributed by atoms with Crippen molar-refractivity contribution in [3.05, 3.63) is 52.3 Å². The topological polar surface area (TPSA) is 110 Å². The molecule has 0 fully saturated rings. The smallest absolute Gasteiger partial charge is 0.326 e. The lowest BCUT2D eigenvalue weighted by molar-refractivity contribution is -0.387. The summed E-state index contributed by atoms with van der Waals surface area (Å²) in [5, 5.41) is 21.6. The van der Waals surface area contributed by atoms with Crippen LogP contribution >= 0.6 is 0 Å². The Balaban J connectivity index is 2.97. The number of nitrogens with one attached hydrogen (secondary N) is 1. The molecule has 0 saturated carbocycles. The van der Waals surface area contributed by atoms with Gasteiger partial charge >= 0.3 is 11.7 Å². The molecule has 1 unspecified atom stereocenters. The largest absolute Gasteiger partial charge is 0.480 e. The van der Waals surface area contributed by atoms with Crippen LogP contribution in [-0.2, 0) is 4.79 Å². The van der Waals surface area contributed by atoms with Gasteiger partial charge in [-0.3, -0.25) is 14.9 Å². The maximum absolute atomic E-state index is 13.1. The lowest BCUT2D eigenvalue weighted by Gasteiger charge is -2.12. The predicted octanol–water partition coefficient (Wildman–Crippen LogP) is 1.49. The van der Waals surface area contributed by atoms with Crippen LogP contribution in [0.2, 0.25) is 0 Å². The quantitative estimate of drug-likeness (QED) is 0.466. The number of carbonyl (C=O) groups is 2. The summed E-state index contributed by atoms with van der Waals surface area (Å²) < 4.78 is 13.1. The van der Waals surface area contributed by atoms with Crippen molar-refractivity contribution in [1.82, 2.24) is 5.32 Å². The van der Waals surface area contributed by atoms with Gasteiger partial charge in [-0.15, -0.1) is 6.58 Å². The fraction of sp³-hybridized carbons (Fsp3) is 0.167. The minimum absolute atomic E-state index is 0.00956. The number of rotatable bonds is 6. The fourth-order valence-electron chi connectivity index (χ4n) is 1.42. The molecule has 1 atom stereocenters. The molecule has 0 bridgehead atoms. The molecule has 106 valence electrons. The molecule has 0 heterocycles. The van der Waals surface area contributed by atoms with Crippen LogP contribution in [0.5, 0.6) is 0 Å². The first-order valence-electron chi connectivity index (χ1n) is 5.45. The minimum Gasteiger partial charge on any atom is -0.480 e. The zero-order chi connectivity index (χ0) is 15.3. The van der Waals surface area contributed by atoms with Gasteiger partial charge in [-0.05, 0) is 18.6 Å². The highest BCUT2D eigenvalue weighted by molar-refractivity contribution is 5.97. The zero-order valence-electron chi connectivity index (χ0n) is 10.2. The Morgan fingerprint density at radius 2 is 2.20 bits per heavy atom. The number of hydrogen-bond donors (Lipinski definition) is 2. The number of hydrogen-bond acceptors (Lipinski definition) is 4. The van der Waals surface area contributed by atoms with Gasteiger partial charge in [0.2, 0.25) is 5.82 Å².